The molecule has 2 rings (SSSR count). The molecule has 0 spiro atoms. The minimum atomic E-state index is -2.71. The van der Waals surface area contributed by atoms with Gasteiger partial charge in [-0.2, -0.15) is 5.26 Å². The van der Waals surface area contributed by atoms with Crippen LogP contribution >= 0.6 is 0 Å². The van der Waals surface area contributed by atoms with E-state index in [0.717, 1.165) is 11.1 Å². The fourth-order valence-electron chi connectivity index (χ4n) is 2.01. The number of nitrogens with one attached hydrogen (secondary N) is 1. The molecule has 0 aromatic heterocycles. The summed E-state index contributed by atoms with van der Waals surface area (Å²) in [6.45, 7) is 3.85. The number of nitriles is 1. The van der Waals surface area contributed by atoms with Crippen LogP contribution in [0, 0.1) is 22.0 Å². The lowest BCUT2D eigenvalue weighted by Crippen LogP contribution is -2.13. The van der Waals surface area contributed by atoms with E-state index in [0.29, 0.717) is 16.2 Å². The molecule has 0 fully saturated rings. The SMILES string of the molecule is C=C1C(N)=C(c2ccc(S(C)(=N)=O)cc2)C=CC1C#N. The van der Waals surface area contributed by atoms with Crippen LogP contribution in [0.2, 0.25) is 0 Å². The minimum absolute atomic E-state index is 0.388. The second kappa shape index (κ2) is 4.99. The van der Waals surface area contributed by atoms with E-state index in [4.69, 9.17) is 15.8 Å². The van der Waals surface area contributed by atoms with E-state index in [1.165, 1.54) is 6.26 Å². The Balaban J connectivity index is 2.44. The Morgan fingerprint density at radius 2 is 2.00 bits per heavy atom. The molecule has 20 heavy (non-hydrogen) atoms. The average Bonchev–Trinajstić information content (AvgIpc) is 2.41. The number of allylic oxidation sites excluding steroid dienone is 4. The van der Waals surface area contributed by atoms with Crippen LogP contribution in [0.3, 0.4) is 0 Å². The summed E-state index contributed by atoms with van der Waals surface area (Å²) in [5.41, 5.74) is 8.76. The molecule has 0 amide bonds. The van der Waals surface area contributed by atoms with Gasteiger partial charge in [0.15, 0.2) is 0 Å². The normalized spacial score (nSPS) is 21.4. The third-order valence-corrected chi connectivity index (χ3v) is 4.39. The van der Waals surface area contributed by atoms with Crippen molar-refractivity contribution in [1.82, 2.24) is 0 Å². The molecule has 2 unspecified atom stereocenters. The third-order valence-electron chi connectivity index (χ3n) is 3.22. The van der Waals surface area contributed by atoms with Crippen LogP contribution in [0.1, 0.15) is 5.56 Å². The molecule has 4 nitrogen and oxygen atoms in total. The molecule has 1 aliphatic rings. The van der Waals surface area contributed by atoms with Crippen molar-refractivity contribution in [1.29, 1.82) is 10.0 Å². The van der Waals surface area contributed by atoms with Crippen molar-refractivity contribution in [2.45, 2.75) is 4.90 Å². The fraction of sp³-hybridized carbons (Fsp3) is 0.133. The van der Waals surface area contributed by atoms with Crippen molar-refractivity contribution in [3.63, 3.8) is 0 Å². The Bertz CT molecular complexity index is 762. The monoisotopic (exact) mass is 285 g/mol. The Morgan fingerprint density at radius 1 is 1.40 bits per heavy atom. The van der Waals surface area contributed by atoms with Gasteiger partial charge in [0.05, 0.1) is 21.7 Å². The highest BCUT2D eigenvalue weighted by molar-refractivity contribution is 7.91. The number of hydrogen-bond donors (Lipinski definition) is 2. The fourth-order valence-corrected chi connectivity index (χ4v) is 2.66. The van der Waals surface area contributed by atoms with E-state index in [-0.39, 0.29) is 5.92 Å². The van der Waals surface area contributed by atoms with Crippen LogP contribution in [-0.2, 0) is 9.73 Å². The Kier molecular flexibility index (Phi) is 3.51. The first-order valence-electron chi connectivity index (χ1n) is 5.95. The zero-order valence-electron chi connectivity index (χ0n) is 11.1. The predicted molar refractivity (Wildman–Crippen MR) is 80.0 cm³/mol. The van der Waals surface area contributed by atoms with Crippen LogP contribution in [-0.4, -0.2) is 10.5 Å². The first-order chi connectivity index (χ1) is 9.34. The summed E-state index contributed by atoms with van der Waals surface area (Å²) >= 11 is 0. The summed E-state index contributed by atoms with van der Waals surface area (Å²) in [5, 5.41) is 8.97. The zero-order chi connectivity index (χ0) is 14.9. The standard InChI is InChI=1S/C15H15N3OS/c1-10-12(9-16)5-8-14(15(10)17)11-3-6-13(7-4-11)20(2,18)19/h3-8,12,18H,1,17H2,2H3. The van der Waals surface area contributed by atoms with Gasteiger partial charge >= 0.3 is 0 Å². The lowest BCUT2D eigenvalue weighted by atomic mass is 9.88. The van der Waals surface area contributed by atoms with E-state index >= 15 is 0 Å². The quantitative estimate of drug-likeness (QED) is 0.875. The molecule has 0 heterocycles. The van der Waals surface area contributed by atoms with Gasteiger partial charge in [-0.3, -0.25) is 0 Å². The number of rotatable bonds is 2. The van der Waals surface area contributed by atoms with E-state index < -0.39 is 9.73 Å². The van der Waals surface area contributed by atoms with Gasteiger partial charge in [0.25, 0.3) is 0 Å². The molecule has 0 radical (unpaired) electrons. The molecule has 0 saturated heterocycles. The van der Waals surface area contributed by atoms with Gasteiger partial charge in [-0.1, -0.05) is 30.9 Å². The van der Waals surface area contributed by atoms with Gasteiger partial charge in [0.2, 0.25) is 0 Å². The molecular formula is C15H15N3OS. The van der Waals surface area contributed by atoms with Crippen molar-refractivity contribution >= 4 is 15.3 Å². The lowest BCUT2D eigenvalue weighted by Gasteiger charge is -2.18. The molecule has 1 aromatic rings. The van der Waals surface area contributed by atoms with Gasteiger partial charge < -0.3 is 5.73 Å². The summed E-state index contributed by atoms with van der Waals surface area (Å²) in [4.78, 5) is 0.480. The second-order valence-corrected chi connectivity index (χ2v) is 6.85. The van der Waals surface area contributed by atoms with Gasteiger partial charge in [0.1, 0.15) is 0 Å². The van der Waals surface area contributed by atoms with Crippen molar-refractivity contribution in [3.8, 4) is 6.07 Å². The first kappa shape index (κ1) is 14.1. The number of hydrogen-bond acceptors (Lipinski definition) is 4. The molecule has 102 valence electrons. The molecular weight excluding hydrogens is 270 g/mol. The van der Waals surface area contributed by atoms with E-state index in [1.54, 1.807) is 36.4 Å². The first-order valence-corrected chi connectivity index (χ1v) is 7.92. The average molecular weight is 285 g/mol. The van der Waals surface area contributed by atoms with Crippen LogP contribution in [0.15, 0.2) is 59.2 Å². The van der Waals surface area contributed by atoms with Gasteiger partial charge in [0, 0.05) is 22.4 Å². The maximum atomic E-state index is 11.6. The number of benzene rings is 1. The minimum Gasteiger partial charge on any atom is -0.398 e. The van der Waals surface area contributed by atoms with Crippen LogP contribution in [0.4, 0.5) is 0 Å². The van der Waals surface area contributed by atoms with E-state index in [2.05, 4.69) is 12.6 Å². The van der Waals surface area contributed by atoms with Crippen LogP contribution < -0.4 is 5.73 Å². The topological polar surface area (TPSA) is 90.7 Å². The maximum Gasteiger partial charge on any atom is 0.0911 e. The van der Waals surface area contributed by atoms with Crippen molar-refractivity contribution in [3.05, 3.63) is 59.8 Å². The largest absolute Gasteiger partial charge is 0.398 e. The van der Waals surface area contributed by atoms with E-state index in [9.17, 15) is 4.21 Å². The molecule has 5 heteroatoms. The Labute approximate surface area is 118 Å². The van der Waals surface area contributed by atoms with E-state index in [1.807, 2.05) is 0 Å². The summed E-state index contributed by atoms with van der Waals surface area (Å²) in [6.07, 6.45) is 4.95. The molecule has 1 aromatic carbocycles. The molecule has 2 atom stereocenters. The van der Waals surface area contributed by atoms with Crippen molar-refractivity contribution in [2.75, 3.05) is 6.26 Å². The predicted octanol–water partition coefficient (Wildman–Crippen LogP) is 2.66. The highest BCUT2D eigenvalue weighted by Gasteiger charge is 2.19. The smallest absolute Gasteiger partial charge is 0.0911 e. The summed E-state index contributed by atoms with van der Waals surface area (Å²) in [6, 6.07) is 9.01. The second-order valence-electron chi connectivity index (χ2n) is 4.69. The van der Waals surface area contributed by atoms with Crippen LogP contribution in [0.5, 0.6) is 0 Å². The van der Waals surface area contributed by atoms with Crippen LogP contribution in [0.25, 0.3) is 5.57 Å². The molecule has 1 aliphatic carbocycles. The highest BCUT2D eigenvalue weighted by Crippen LogP contribution is 2.30. The third kappa shape index (κ3) is 2.51. The van der Waals surface area contributed by atoms with Gasteiger partial charge in [-0.15, -0.1) is 0 Å². The van der Waals surface area contributed by atoms with Gasteiger partial charge in [-0.25, -0.2) is 8.99 Å². The summed E-state index contributed by atoms with van der Waals surface area (Å²) in [7, 11) is -2.71. The Hall–Kier alpha value is -2.32. The van der Waals surface area contributed by atoms with Crippen molar-refractivity contribution in [2.24, 2.45) is 11.7 Å². The maximum absolute atomic E-state index is 11.6. The highest BCUT2D eigenvalue weighted by atomic mass is 32.2. The lowest BCUT2D eigenvalue weighted by molar-refractivity contribution is 0.679. The Morgan fingerprint density at radius 3 is 2.50 bits per heavy atom. The zero-order valence-corrected chi connectivity index (χ0v) is 11.9. The number of nitrogens with two attached hydrogens (primary N) is 1. The summed E-state index contributed by atoms with van der Waals surface area (Å²) < 4.78 is 19.2. The molecule has 0 aliphatic heterocycles. The molecule has 0 saturated carbocycles. The van der Waals surface area contributed by atoms with Crippen molar-refractivity contribution < 1.29 is 4.21 Å². The molecule has 0 bridgehead atoms. The molecule has 3 N–H and O–H groups in total. The summed E-state index contributed by atoms with van der Waals surface area (Å²) in [5.74, 6) is -0.388. The number of nitrogens with zero attached hydrogens (tertiary/aromatic N) is 1. The van der Waals surface area contributed by atoms with Gasteiger partial charge in [-0.05, 0) is 23.3 Å².